The van der Waals surface area contributed by atoms with Gasteiger partial charge in [-0.15, -0.1) is 0 Å². The molecule has 1 saturated carbocycles. The zero-order valence-corrected chi connectivity index (χ0v) is 28.8. The van der Waals surface area contributed by atoms with E-state index in [1.165, 1.54) is 18.7 Å². The average Bonchev–Trinajstić information content (AvgIpc) is 3.72. The molecule has 1 fully saturated rings. The monoisotopic (exact) mass is 777 g/mol. The van der Waals surface area contributed by atoms with Crippen LogP contribution in [-0.2, 0) is 35.1 Å². The molecule has 4 heterocycles. The van der Waals surface area contributed by atoms with Crippen molar-refractivity contribution >= 4 is 11.8 Å². The van der Waals surface area contributed by atoms with Crippen LogP contribution in [0.2, 0.25) is 0 Å². The van der Waals surface area contributed by atoms with E-state index in [1.54, 1.807) is 30.3 Å². The Hall–Kier alpha value is -6.18. The lowest BCUT2D eigenvalue weighted by molar-refractivity contribution is -0.123. The number of nitrogens with one attached hydrogen (secondary N) is 2. The number of fused-ring (bicyclic) bond motifs is 3. The van der Waals surface area contributed by atoms with Crippen molar-refractivity contribution < 1.29 is 44.7 Å². The number of benzene rings is 2. The number of pyridine rings is 1. The van der Waals surface area contributed by atoms with Crippen LogP contribution in [0.25, 0.3) is 11.1 Å². The van der Waals surface area contributed by atoms with Gasteiger partial charge >= 0.3 is 0 Å². The molecule has 0 bridgehead atoms. The predicted molar refractivity (Wildman–Crippen MR) is 181 cm³/mol. The molecule has 2 aliphatic carbocycles. The Morgan fingerprint density at radius 1 is 0.875 bits per heavy atom. The van der Waals surface area contributed by atoms with Gasteiger partial charge in [0.25, 0.3) is 24.2 Å². The summed E-state index contributed by atoms with van der Waals surface area (Å²) in [6.45, 7) is -1.21. The predicted octanol–water partition coefficient (Wildman–Crippen LogP) is 7.16. The van der Waals surface area contributed by atoms with Crippen molar-refractivity contribution in [2.24, 2.45) is 0 Å². The van der Waals surface area contributed by atoms with E-state index in [0.29, 0.717) is 28.3 Å². The molecule has 286 valence electrons. The van der Waals surface area contributed by atoms with Gasteiger partial charge in [0.05, 0.1) is 28.4 Å². The van der Waals surface area contributed by atoms with E-state index in [0.717, 1.165) is 30.5 Å². The minimum absolute atomic E-state index is 0.0186. The molecule has 1 unspecified atom stereocenters. The Morgan fingerprint density at radius 3 is 2.29 bits per heavy atom. The fraction of sp³-hybridized carbons (Fsp3) is 0.282. The first-order valence-electron chi connectivity index (χ1n) is 17.3. The molecule has 3 aliphatic rings. The van der Waals surface area contributed by atoms with Crippen LogP contribution in [0.4, 0.5) is 35.1 Å². The van der Waals surface area contributed by atoms with Gasteiger partial charge in [-0.1, -0.05) is 18.1 Å². The second-order valence-electron chi connectivity index (χ2n) is 13.9. The highest BCUT2D eigenvalue weighted by Crippen LogP contribution is 2.53. The number of amides is 2. The summed E-state index contributed by atoms with van der Waals surface area (Å²) >= 11 is 0. The van der Waals surface area contributed by atoms with Gasteiger partial charge in [0.15, 0.2) is 0 Å². The minimum atomic E-state index is -4.07. The summed E-state index contributed by atoms with van der Waals surface area (Å²) < 4.78 is 117. The summed E-state index contributed by atoms with van der Waals surface area (Å²) in [4.78, 5) is 39.4. The van der Waals surface area contributed by atoms with Gasteiger partial charge in [0.1, 0.15) is 41.6 Å². The molecule has 0 saturated heterocycles. The van der Waals surface area contributed by atoms with Gasteiger partial charge in [-0.05, 0) is 72.2 Å². The summed E-state index contributed by atoms with van der Waals surface area (Å²) in [5.74, 6) is -5.73. The Bertz CT molecular complexity index is 2450. The number of hydrogen-bond donors (Lipinski definition) is 2. The molecule has 8 rings (SSSR count). The van der Waals surface area contributed by atoms with Gasteiger partial charge in [-0.2, -0.15) is 13.9 Å². The lowest BCUT2D eigenvalue weighted by Crippen LogP contribution is -2.37. The third kappa shape index (κ3) is 6.84. The van der Waals surface area contributed by atoms with E-state index in [4.69, 9.17) is 4.98 Å². The number of alkyl halides is 6. The fourth-order valence-corrected chi connectivity index (χ4v) is 7.34. The van der Waals surface area contributed by atoms with Crippen molar-refractivity contribution in [1.29, 1.82) is 0 Å². The Morgan fingerprint density at radius 2 is 1.59 bits per heavy atom. The number of carbonyl (C=O) groups excluding carboxylic acids is 2. The highest BCUT2D eigenvalue weighted by atomic mass is 19.3. The zero-order chi connectivity index (χ0) is 39.6. The maximum atomic E-state index is 15.2. The first-order chi connectivity index (χ1) is 26.6. The topological polar surface area (TPSA) is 115 Å². The maximum Gasteiger partial charge on any atom is 0.290 e. The van der Waals surface area contributed by atoms with Crippen molar-refractivity contribution in [1.82, 2.24) is 35.4 Å². The van der Waals surface area contributed by atoms with Crippen molar-refractivity contribution in [2.75, 3.05) is 0 Å². The number of carbonyl (C=O) groups is 2. The molecule has 2 N–H and O–H groups in total. The van der Waals surface area contributed by atoms with E-state index < -0.39 is 83.7 Å². The Kier molecular flexibility index (Phi) is 8.89. The zero-order valence-electron chi connectivity index (χ0n) is 28.8. The normalized spacial score (nSPS) is 17.4. The number of rotatable bonds is 8. The molecule has 2 amide bonds. The molecule has 5 aromatic rings. The van der Waals surface area contributed by atoms with Crippen LogP contribution >= 0.6 is 0 Å². The van der Waals surface area contributed by atoms with Crippen LogP contribution < -0.4 is 10.6 Å². The summed E-state index contributed by atoms with van der Waals surface area (Å²) in [5.41, 5.74) is -2.53. The number of hydrogen-bond acceptors (Lipinski definition) is 6. The van der Waals surface area contributed by atoms with Gasteiger partial charge in [0, 0.05) is 42.4 Å². The first kappa shape index (κ1) is 36.8. The van der Waals surface area contributed by atoms with Crippen molar-refractivity contribution in [3.05, 3.63) is 129 Å². The molecule has 1 aliphatic heterocycles. The molecular formula is C39H27F8N7O2. The molecular weight excluding hydrogens is 750 g/mol. The third-order valence-electron chi connectivity index (χ3n) is 9.99. The van der Waals surface area contributed by atoms with Crippen LogP contribution in [0, 0.1) is 23.5 Å². The summed E-state index contributed by atoms with van der Waals surface area (Å²) in [6, 6.07) is 9.58. The third-order valence-corrected chi connectivity index (χ3v) is 9.99. The molecule has 3 aromatic heterocycles. The highest BCUT2D eigenvalue weighted by molar-refractivity contribution is 6.01. The van der Waals surface area contributed by atoms with Crippen LogP contribution in [0.3, 0.4) is 0 Å². The van der Waals surface area contributed by atoms with Crippen LogP contribution in [-0.4, -0.2) is 36.5 Å². The lowest BCUT2D eigenvalue weighted by Gasteiger charge is -2.29. The molecule has 2 aromatic carbocycles. The second kappa shape index (κ2) is 13.5. The van der Waals surface area contributed by atoms with Crippen molar-refractivity contribution in [3.63, 3.8) is 0 Å². The van der Waals surface area contributed by atoms with Gasteiger partial charge in [-0.3, -0.25) is 14.3 Å². The smallest absolute Gasteiger partial charge is 0.290 e. The van der Waals surface area contributed by atoms with Crippen molar-refractivity contribution in [2.45, 2.75) is 68.5 Å². The molecule has 56 heavy (non-hydrogen) atoms. The van der Waals surface area contributed by atoms with E-state index in [-0.39, 0.29) is 34.0 Å². The maximum absolute atomic E-state index is 15.2. The van der Waals surface area contributed by atoms with E-state index >= 15 is 8.78 Å². The molecule has 1 atom stereocenters. The van der Waals surface area contributed by atoms with Gasteiger partial charge in [-0.25, -0.2) is 41.3 Å². The van der Waals surface area contributed by atoms with E-state index in [1.807, 2.05) is 0 Å². The Balaban J connectivity index is 1.23. The Labute approximate surface area is 312 Å². The van der Waals surface area contributed by atoms with Crippen LogP contribution in [0.5, 0.6) is 0 Å². The first-order valence-corrected chi connectivity index (χ1v) is 17.3. The highest BCUT2D eigenvalue weighted by Gasteiger charge is 2.55. The SMILES string of the molecule is O=C(Cn1nc(C(F)F)c2c1C(F)(F)CCC2(F)F)NC(Cc1cc(F)cc(F)c1)c1nc(C#Cc2cncnc2)ccc1-c1ccc2c(c1)C(=O)NC21CC1. The second-order valence-corrected chi connectivity index (χ2v) is 13.9. The minimum Gasteiger partial charge on any atom is -0.346 e. The quantitative estimate of drug-likeness (QED) is 0.128. The summed E-state index contributed by atoms with van der Waals surface area (Å²) in [6.07, 6.45) is -1.09. The average molecular weight is 778 g/mol. The molecule has 17 heteroatoms. The standard InChI is InChI=1S/C39H27F8N7O2/c40-23-11-21(12-24(41)15-23)13-29(51-30(55)18-54-34-31(33(53-54)35(42)43)38(44,45)9-10-39(34,46)47)32-26(5-4-25(50-32)3-1-20-16-48-19-49-17-20)22-2-6-28-27(14-22)36(56)52-37(28)7-8-37/h2,4-6,11-12,14-17,19,29,35H,7-10,13,18H2,(H,51,55)(H,52,56). The summed E-state index contributed by atoms with van der Waals surface area (Å²) in [7, 11) is 0. The number of nitrogens with zero attached hydrogens (tertiary/aromatic N) is 5. The molecule has 1 spiro atoms. The van der Waals surface area contributed by atoms with Gasteiger partial charge < -0.3 is 10.6 Å². The largest absolute Gasteiger partial charge is 0.346 e. The van der Waals surface area contributed by atoms with Crippen molar-refractivity contribution in [3.8, 4) is 23.0 Å². The van der Waals surface area contributed by atoms with E-state index in [2.05, 4.69) is 37.5 Å². The lowest BCUT2D eigenvalue weighted by atomic mass is 9.89. The number of halogens is 8. The van der Waals surface area contributed by atoms with Gasteiger partial charge in [0.2, 0.25) is 5.91 Å². The molecule has 9 nitrogen and oxygen atoms in total. The van der Waals surface area contributed by atoms with E-state index in [9.17, 15) is 35.9 Å². The molecule has 0 radical (unpaired) electrons. The summed E-state index contributed by atoms with van der Waals surface area (Å²) in [5, 5.41) is 8.94. The fourth-order valence-electron chi connectivity index (χ4n) is 7.34. The number of aromatic nitrogens is 5. The van der Waals surface area contributed by atoms with Crippen LogP contribution in [0.1, 0.15) is 93.5 Å². The van der Waals surface area contributed by atoms with Crippen LogP contribution in [0.15, 0.2) is 67.3 Å².